The second-order valence-corrected chi connectivity index (χ2v) is 6.92. The first-order chi connectivity index (χ1) is 14.4. The molecule has 0 bridgehead atoms. The van der Waals surface area contributed by atoms with Gasteiger partial charge >= 0.3 is 6.03 Å². The van der Waals surface area contributed by atoms with Crippen LogP contribution in [0.4, 0.5) is 4.79 Å². The largest absolute Gasteiger partial charge is 0.493 e. The second kappa shape index (κ2) is 8.86. The van der Waals surface area contributed by atoms with Crippen LogP contribution < -0.4 is 20.1 Å². The maximum atomic E-state index is 12.5. The van der Waals surface area contributed by atoms with E-state index in [4.69, 9.17) is 14.6 Å². The Kier molecular flexibility index (Phi) is 6.25. The summed E-state index contributed by atoms with van der Waals surface area (Å²) in [4.78, 5) is 24.4. The van der Waals surface area contributed by atoms with E-state index < -0.39 is 0 Å². The van der Waals surface area contributed by atoms with Crippen molar-refractivity contribution in [2.45, 2.75) is 19.4 Å². The zero-order valence-corrected chi connectivity index (χ0v) is 17.8. The summed E-state index contributed by atoms with van der Waals surface area (Å²) in [6.45, 7) is 1.94. The SMILES string of the molecule is CNC(=O)c1ccc(C2=NN(C(=O)NC)C(C)Cc3cc(OC)c(OC)cc32)cc1. The van der Waals surface area contributed by atoms with E-state index in [1.54, 1.807) is 40.4 Å². The molecule has 1 heterocycles. The highest BCUT2D eigenvalue weighted by molar-refractivity contribution is 6.14. The normalized spacial score (nSPS) is 15.4. The molecule has 0 aromatic heterocycles. The topological polar surface area (TPSA) is 92.3 Å². The quantitative estimate of drug-likeness (QED) is 0.810. The molecule has 3 rings (SSSR count). The van der Waals surface area contributed by atoms with E-state index in [0.29, 0.717) is 29.2 Å². The van der Waals surface area contributed by atoms with Gasteiger partial charge in [-0.2, -0.15) is 5.10 Å². The Balaban J connectivity index is 2.20. The Labute approximate surface area is 175 Å². The Morgan fingerprint density at radius 1 is 1.03 bits per heavy atom. The first kappa shape index (κ1) is 21.2. The number of benzene rings is 2. The molecular formula is C22H26N4O4. The van der Waals surface area contributed by atoms with Gasteiger partial charge in [0.15, 0.2) is 11.5 Å². The Morgan fingerprint density at radius 2 is 1.67 bits per heavy atom. The molecule has 8 heteroatoms. The highest BCUT2D eigenvalue weighted by Crippen LogP contribution is 2.34. The number of fused-ring (bicyclic) bond motifs is 1. The number of carbonyl (C=O) groups is 2. The van der Waals surface area contributed by atoms with Crippen LogP contribution in [-0.2, 0) is 6.42 Å². The summed E-state index contributed by atoms with van der Waals surface area (Å²) in [5.74, 6) is 1.02. The van der Waals surface area contributed by atoms with Gasteiger partial charge < -0.3 is 20.1 Å². The average molecular weight is 410 g/mol. The molecule has 8 nitrogen and oxygen atoms in total. The van der Waals surface area contributed by atoms with Crippen molar-refractivity contribution in [2.75, 3.05) is 28.3 Å². The van der Waals surface area contributed by atoms with Crippen LogP contribution in [0.25, 0.3) is 0 Å². The van der Waals surface area contributed by atoms with Crippen molar-refractivity contribution < 1.29 is 19.1 Å². The van der Waals surface area contributed by atoms with Crippen LogP contribution in [0.5, 0.6) is 11.5 Å². The maximum Gasteiger partial charge on any atom is 0.337 e. The number of hydrazone groups is 1. The van der Waals surface area contributed by atoms with Gasteiger partial charge in [-0.3, -0.25) is 4.79 Å². The summed E-state index contributed by atoms with van der Waals surface area (Å²) in [5.41, 5.74) is 3.76. The van der Waals surface area contributed by atoms with Crippen LogP contribution >= 0.6 is 0 Å². The van der Waals surface area contributed by atoms with Gasteiger partial charge in [-0.25, -0.2) is 9.80 Å². The number of urea groups is 1. The molecule has 0 fully saturated rings. The van der Waals surface area contributed by atoms with Crippen molar-refractivity contribution in [1.82, 2.24) is 15.6 Å². The molecule has 0 saturated heterocycles. The summed E-state index contributed by atoms with van der Waals surface area (Å²) < 4.78 is 11.0. The third kappa shape index (κ3) is 3.94. The maximum absolute atomic E-state index is 12.5. The standard InChI is InChI=1S/C22H26N4O4/c1-13-10-16-11-18(29-4)19(30-5)12-17(16)20(25-26(13)22(28)24-3)14-6-8-15(9-7-14)21(27)23-2/h6-9,11-13H,10H2,1-5H3,(H,23,27)(H,24,28). The predicted octanol–water partition coefficient (Wildman–Crippen LogP) is 2.40. The first-order valence-electron chi connectivity index (χ1n) is 9.60. The molecule has 3 amide bonds. The van der Waals surface area contributed by atoms with E-state index in [-0.39, 0.29) is 18.0 Å². The summed E-state index contributed by atoms with van der Waals surface area (Å²) in [6.07, 6.45) is 0.590. The molecule has 0 aliphatic carbocycles. The minimum atomic E-state index is -0.297. The highest BCUT2D eigenvalue weighted by atomic mass is 16.5. The molecule has 2 aromatic carbocycles. The van der Waals surface area contributed by atoms with Gasteiger partial charge in [0.1, 0.15) is 0 Å². The lowest BCUT2D eigenvalue weighted by molar-refractivity contribution is 0.0963. The summed E-state index contributed by atoms with van der Waals surface area (Å²) in [7, 11) is 6.33. The Bertz CT molecular complexity index is 985. The lowest BCUT2D eigenvalue weighted by Crippen LogP contribution is -2.41. The van der Waals surface area contributed by atoms with Gasteiger partial charge in [-0.15, -0.1) is 0 Å². The molecule has 2 aromatic rings. The Morgan fingerprint density at radius 3 is 2.23 bits per heavy atom. The lowest BCUT2D eigenvalue weighted by Gasteiger charge is -2.22. The van der Waals surface area contributed by atoms with Crippen molar-refractivity contribution in [3.8, 4) is 11.5 Å². The van der Waals surface area contributed by atoms with E-state index in [9.17, 15) is 9.59 Å². The third-order valence-electron chi connectivity index (χ3n) is 5.07. The van der Waals surface area contributed by atoms with E-state index in [2.05, 4.69) is 10.6 Å². The van der Waals surface area contributed by atoms with Gasteiger partial charge in [0.2, 0.25) is 0 Å². The van der Waals surface area contributed by atoms with Gasteiger partial charge in [0.05, 0.1) is 26.0 Å². The number of nitrogens with zero attached hydrogens (tertiary/aromatic N) is 2. The molecule has 0 radical (unpaired) electrons. The number of methoxy groups -OCH3 is 2. The van der Waals surface area contributed by atoms with E-state index in [1.165, 1.54) is 5.01 Å². The monoisotopic (exact) mass is 410 g/mol. The van der Waals surface area contributed by atoms with Crippen molar-refractivity contribution >= 4 is 17.6 Å². The summed E-state index contributed by atoms with van der Waals surface area (Å²) in [5, 5.41) is 11.4. The number of ether oxygens (including phenoxy) is 2. The number of hydrogen-bond acceptors (Lipinski definition) is 5. The fourth-order valence-electron chi connectivity index (χ4n) is 3.47. The smallest absolute Gasteiger partial charge is 0.337 e. The van der Waals surface area contributed by atoms with E-state index in [1.807, 2.05) is 31.2 Å². The van der Waals surface area contributed by atoms with Crippen LogP contribution in [0.15, 0.2) is 41.5 Å². The number of rotatable bonds is 4. The number of amides is 3. The van der Waals surface area contributed by atoms with Crippen LogP contribution in [0.1, 0.15) is 34.0 Å². The minimum Gasteiger partial charge on any atom is -0.493 e. The first-order valence-corrected chi connectivity index (χ1v) is 9.60. The van der Waals surface area contributed by atoms with Gasteiger partial charge in [-0.05, 0) is 43.2 Å². The van der Waals surface area contributed by atoms with Crippen LogP contribution in [0, 0.1) is 0 Å². The fraction of sp³-hybridized carbons (Fsp3) is 0.318. The fourth-order valence-corrected chi connectivity index (χ4v) is 3.47. The van der Waals surface area contributed by atoms with Crippen molar-refractivity contribution in [3.05, 3.63) is 58.7 Å². The van der Waals surface area contributed by atoms with Crippen molar-refractivity contribution in [2.24, 2.45) is 5.10 Å². The van der Waals surface area contributed by atoms with Crippen molar-refractivity contribution in [1.29, 1.82) is 0 Å². The zero-order valence-electron chi connectivity index (χ0n) is 17.8. The summed E-state index contributed by atoms with van der Waals surface area (Å²) in [6, 6.07) is 10.4. The molecule has 2 N–H and O–H groups in total. The molecule has 30 heavy (non-hydrogen) atoms. The minimum absolute atomic E-state index is 0.170. The van der Waals surface area contributed by atoms with Crippen molar-refractivity contribution in [3.63, 3.8) is 0 Å². The number of hydrogen-bond donors (Lipinski definition) is 2. The lowest BCUT2D eigenvalue weighted by atomic mass is 9.93. The third-order valence-corrected chi connectivity index (χ3v) is 5.07. The molecule has 0 saturated carbocycles. The second-order valence-electron chi connectivity index (χ2n) is 6.92. The van der Waals surface area contributed by atoms with Gasteiger partial charge in [-0.1, -0.05) is 12.1 Å². The summed E-state index contributed by atoms with van der Waals surface area (Å²) >= 11 is 0. The number of carbonyl (C=O) groups excluding carboxylic acids is 2. The van der Waals surface area contributed by atoms with Gasteiger partial charge in [0.25, 0.3) is 5.91 Å². The average Bonchev–Trinajstić information content (AvgIpc) is 2.92. The predicted molar refractivity (Wildman–Crippen MR) is 114 cm³/mol. The van der Waals surface area contributed by atoms with Crippen LogP contribution in [-0.4, -0.2) is 57.0 Å². The molecule has 0 spiro atoms. The van der Waals surface area contributed by atoms with E-state index >= 15 is 0 Å². The van der Waals surface area contributed by atoms with Crippen LogP contribution in [0.3, 0.4) is 0 Å². The molecule has 1 aliphatic rings. The molecule has 158 valence electrons. The molecule has 1 unspecified atom stereocenters. The van der Waals surface area contributed by atoms with Gasteiger partial charge in [0, 0.05) is 30.8 Å². The van der Waals surface area contributed by atoms with E-state index in [0.717, 1.165) is 16.7 Å². The highest BCUT2D eigenvalue weighted by Gasteiger charge is 2.28. The van der Waals surface area contributed by atoms with Crippen LogP contribution in [0.2, 0.25) is 0 Å². The molecule has 1 atom stereocenters. The zero-order chi connectivity index (χ0) is 21.8. The molecule has 1 aliphatic heterocycles. The molecular weight excluding hydrogens is 384 g/mol. The number of nitrogens with one attached hydrogen (secondary N) is 2. The Hall–Kier alpha value is -3.55.